The summed E-state index contributed by atoms with van der Waals surface area (Å²) in [5.74, 6) is -0.435. The minimum Gasteiger partial charge on any atom is -0.322 e. The highest BCUT2D eigenvalue weighted by Gasteiger charge is 2.17. The normalized spacial score (nSPS) is 10.9. The molecule has 1 amide bonds. The van der Waals surface area contributed by atoms with E-state index in [4.69, 9.17) is 0 Å². The number of rotatable bonds is 4. The summed E-state index contributed by atoms with van der Waals surface area (Å²) < 4.78 is 2.44. The Kier molecular flexibility index (Phi) is 4.70. The third-order valence-electron chi connectivity index (χ3n) is 4.36. The lowest BCUT2D eigenvalue weighted by molar-refractivity contribution is 0.102. The van der Waals surface area contributed by atoms with Gasteiger partial charge in [-0.25, -0.2) is 4.98 Å². The molecule has 1 aromatic carbocycles. The van der Waals surface area contributed by atoms with Crippen LogP contribution in [0.15, 0.2) is 53.2 Å². The van der Waals surface area contributed by atoms with E-state index in [1.54, 1.807) is 43.2 Å². The number of hydrogen-bond acceptors (Lipinski definition) is 6. The van der Waals surface area contributed by atoms with E-state index in [-0.39, 0.29) is 17.7 Å². The zero-order valence-corrected chi connectivity index (χ0v) is 16.2. The molecule has 0 bridgehead atoms. The lowest BCUT2D eigenvalue weighted by Gasteiger charge is -2.11. The lowest BCUT2D eigenvalue weighted by Crippen LogP contribution is -2.30. The Labute approximate surface area is 164 Å². The molecular formula is C20H17N5O2S. The predicted molar refractivity (Wildman–Crippen MR) is 109 cm³/mol. The average molecular weight is 391 g/mol. The van der Waals surface area contributed by atoms with Crippen molar-refractivity contribution in [3.8, 4) is 0 Å². The summed E-state index contributed by atoms with van der Waals surface area (Å²) in [5.41, 5.74) is 5.08. The lowest BCUT2D eigenvalue weighted by atomic mass is 10.1. The molecule has 8 heteroatoms. The number of aryl methyl sites for hydroxylation is 2. The number of nitrogens with one attached hydrogen (secondary N) is 1. The number of carbonyl (C=O) groups excluding carboxylic acids is 1. The Hall–Kier alpha value is -3.39. The standard InChI is InChI=1S/C20H17N5O2S/c1-12-5-6-25(10-15-9-21-13(2)8-22-15)20(27)18(12)19(26)24-14-3-4-16-17(7-14)28-11-23-16/h3-9,11H,10H2,1-2H3,(H,24,26). The molecule has 1 N–H and O–H groups in total. The number of hydrogen-bond donors (Lipinski definition) is 1. The highest BCUT2D eigenvalue weighted by atomic mass is 32.1. The molecule has 0 atom stereocenters. The van der Waals surface area contributed by atoms with Crippen LogP contribution in [0.2, 0.25) is 0 Å². The van der Waals surface area contributed by atoms with Gasteiger partial charge in [0.1, 0.15) is 5.56 Å². The van der Waals surface area contributed by atoms with Gasteiger partial charge in [-0.15, -0.1) is 11.3 Å². The maximum atomic E-state index is 12.9. The van der Waals surface area contributed by atoms with Crippen molar-refractivity contribution in [1.29, 1.82) is 0 Å². The van der Waals surface area contributed by atoms with E-state index in [0.717, 1.165) is 15.9 Å². The van der Waals surface area contributed by atoms with E-state index in [2.05, 4.69) is 20.3 Å². The van der Waals surface area contributed by atoms with E-state index < -0.39 is 5.91 Å². The molecule has 0 fully saturated rings. The first-order chi connectivity index (χ1) is 13.5. The Morgan fingerprint density at radius 3 is 2.79 bits per heavy atom. The second-order valence-corrected chi connectivity index (χ2v) is 7.33. The van der Waals surface area contributed by atoms with Crippen LogP contribution >= 0.6 is 11.3 Å². The van der Waals surface area contributed by atoms with Crippen molar-refractivity contribution in [3.63, 3.8) is 0 Å². The Bertz CT molecular complexity index is 1230. The van der Waals surface area contributed by atoms with Crippen LogP contribution in [0.1, 0.15) is 27.3 Å². The predicted octanol–water partition coefficient (Wildman–Crippen LogP) is 3.17. The van der Waals surface area contributed by atoms with E-state index >= 15 is 0 Å². The molecule has 0 unspecified atom stereocenters. The smallest absolute Gasteiger partial charge is 0.264 e. The van der Waals surface area contributed by atoms with Gasteiger partial charge in [-0.2, -0.15) is 0 Å². The second kappa shape index (κ2) is 7.32. The van der Waals surface area contributed by atoms with Gasteiger partial charge in [0.2, 0.25) is 0 Å². The number of carbonyl (C=O) groups is 1. The van der Waals surface area contributed by atoms with Crippen LogP contribution in [-0.4, -0.2) is 25.4 Å². The molecule has 28 heavy (non-hydrogen) atoms. The fourth-order valence-corrected chi connectivity index (χ4v) is 3.58. The molecule has 0 aliphatic carbocycles. The van der Waals surface area contributed by atoms with Gasteiger partial charge in [-0.3, -0.25) is 19.6 Å². The van der Waals surface area contributed by atoms with Crippen LogP contribution < -0.4 is 10.9 Å². The fourth-order valence-electron chi connectivity index (χ4n) is 2.87. The summed E-state index contributed by atoms with van der Waals surface area (Å²) in [6.45, 7) is 3.85. The summed E-state index contributed by atoms with van der Waals surface area (Å²) in [5, 5.41) is 2.82. The van der Waals surface area contributed by atoms with Crippen molar-refractivity contribution < 1.29 is 4.79 Å². The first kappa shape index (κ1) is 18.0. The third kappa shape index (κ3) is 3.54. The first-order valence-corrected chi connectivity index (χ1v) is 9.51. The summed E-state index contributed by atoms with van der Waals surface area (Å²) in [6.07, 6.45) is 4.95. The fraction of sp³-hybridized carbons (Fsp3) is 0.150. The Morgan fingerprint density at radius 2 is 2.00 bits per heavy atom. The number of anilines is 1. The van der Waals surface area contributed by atoms with Gasteiger partial charge in [0, 0.05) is 18.1 Å². The van der Waals surface area contributed by atoms with E-state index in [0.29, 0.717) is 16.9 Å². The summed E-state index contributed by atoms with van der Waals surface area (Å²) in [6, 6.07) is 7.22. The molecular weight excluding hydrogens is 374 g/mol. The average Bonchev–Trinajstić information content (AvgIpc) is 3.13. The summed E-state index contributed by atoms with van der Waals surface area (Å²) >= 11 is 1.49. The number of fused-ring (bicyclic) bond motifs is 1. The van der Waals surface area contributed by atoms with Gasteiger partial charge >= 0.3 is 0 Å². The number of thiazole rings is 1. The van der Waals surface area contributed by atoms with Crippen LogP contribution in [0.5, 0.6) is 0 Å². The van der Waals surface area contributed by atoms with Gasteiger partial charge in [0.25, 0.3) is 11.5 Å². The first-order valence-electron chi connectivity index (χ1n) is 8.63. The maximum Gasteiger partial charge on any atom is 0.264 e. The molecule has 4 rings (SSSR count). The van der Waals surface area contributed by atoms with Crippen molar-refractivity contribution >= 4 is 33.1 Å². The topological polar surface area (TPSA) is 89.8 Å². The zero-order chi connectivity index (χ0) is 19.7. The quantitative estimate of drug-likeness (QED) is 0.577. The van der Waals surface area contributed by atoms with Gasteiger partial charge in [-0.1, -0.05) is 0 Å². The number of nitrogens with zero attached hydrogens (tertiary/aromatic N) is 4. The minimum atomic E-state index is -0.435. The Balaban J connectivity index is 1.63. The highest BCUT2D eigenvalue weighted by molar-refractivity contribution is 7.16. The van der Waals surface area contributed by atoms with E-state index in [1.807, 2.05) is 19.1 Å². The molecule has 3 heterocycles. The number of benzene rings is 1. The van der Waals surface area contributed by atoms with E-state index in [1.165, 1.54) is 15.9 Å². The molecule has 0 radical (unpaired) electrons. The highest BCUT2D eigenvalue weighted by Crippen LogP contribution is 2.22. The molecule has 140 valence electrons. The maximum absolute atomic E-state index is 12.9. The van der Waals surface area contributed by atoms with Crippen LogP contribution in [0.4, 0.5) is 5.69 Å². The van der Waals surface area contributed by atoms with Gasteiger partial charge in [-0.05, 0) is 43.7 Å². The minimum absolute atomic E-state index is 0.118. The zero-order valence-electron chi connectivity index (χ0n) is 15.3. The number of amides is 1. The molecule has 0 spiro atoms. The Morgan fingerprint density at radius 1 is 1.14 bits per heavy atom. The molecule has 4 aromatic rings. The van der Waals surface area contributed by atoms with Crippen molar-refractivity contribution in [3.05, 3.63) is 81.2 Å². The summed E-state index contributed by atoms with van der Waals surface area (Å²) in [7, 11) is 0. The SMILES string of the molecule is Cc1cnc(Cn2ccc(C)c(C(=O)Nc3ccc4ncsc4c3)c2=O)cn1. The van der Waals surface area contributed by atoms with Crippen LogP contribution in [0.25, 0.3) is 10.2 Å². The van der Waals surface area contributed by atoms with Crippen molar-refractivity contribution in [2.45, 2.75) is 20.4 Å². The van der Waals surface area contributed by atoms with Crippen LogP contribution in [0, 0.1) is 13.8 Å². The monoisotopic (exact) mass is 391 g/mol. The van der Waals surface area contributed by atoms with Crippen LogP contribution in [-0.2, 0) is 6.54 Å². The van der Waals surface area contributed by atoms with Gasteiger partial charge in [0.05, 0.1) is 39.9 Å². The largest absolute Gasteiger partial charge is 0.322 e. The summed E-state index contributed by atoms with van der Waals surface area (Å²) in [4.78, 5) is 38.4. The second-order valence-electron chi connectivity index (χ2n) is 6.44. The molecule has 7 nitrogen and oxygen atoms in total. The molecule has 0 aliphatic rings. The van der Waals surface area contributed by atoms with Crippen molar-refractivity contribution in [2.75, 3.05) is 5.32 Å². The van der Waals surface area contributed by atoms with Gasteiger partial charge < -0.3 is 9.88 Å². The number of aromatic nitrogens is 4. The third-order valence-corrected chi connectivity index (χ3v) is 5.15. The van der Waals surface area contributed by atoms with Crippen LogP contribution in [0.3, 0.4) is 0 Å². The molecule has 0 aliphatic heterocycles. The molecule has 0 saturated heterocycles. The van der Waals surface area contributed by atoms with Crippen molar-refractivity contribution in [1.82, 2.24) is 19.5 Å². The van der Waals surface area contributed by atoms with Gasteiger partial charge in [0.15, 0.2) is 0 Å². The number of pyridine rings is 1. The van der Waals surface area contributed by atoms with E-state index in [9.17, 15) is 9.59 Å². The van der Waals surface area contributed by atoms with Crippen molar-refractivity contribution in [2.24, 2.45) is 0 Å². The molecule has 0 saturated carbocycles. The molecule has 3 aromatic heterocycles.